The van der Waals surface area contributed by atoms with Gasteiger partial charge in [0.2, 0.25) is 11.8 Å². The third kappa shape index (κ3) is 7.59. The number of halogens is 1. The van der Waals surface area contributed by atoms with E-state index in [0.717, 1.165) is 16.9 Å². The Kier molecular flexibility index (Phi) is 8.93. The third-order valence-electron chi connectivity index (χ3n) is 4.96. The van der Waals surface area contributed by atoms with Crippen molar-refractivity contribution in [3.8, 4) is 5.75 Å². The van der Waals surface area contributed by atoms with E-state index >= 15 is 0 Å². The van der Waals surface area contributed by atoms with E-state index in [1.807, 2.05) is 76.2 Å². The zero-order valence-corrected chi connectivity index (χ0v) is 19.8. The molecule has 5 nitrogen and oxygen atoms in total. The summed E-state index contributed by atoms with van der Waals surface area (Å²) in [6, 6.07) is 14.5. The van der Waals surface area contributed by atoms with Gasteiger partial charge in [-0.3, -0.25) is 9.59 Å². The fraction of sp³-hybridized carbons (Fsp3) is 0.440. The molecule has 2 aromatic carbocycles. The molecule has 0 aliphatic rings. The minimum Gasteiger partial charge on any atom is -0.497 e. The van der Waals surface area contributed by atoms with Crippen LogP contribution in [0.5, 0.6) is 5.75 Å². The van der Waals surface area contributed by atoms with Crippen LogP contribution in [-0.2, 0) is 22.6 Å². The maximum atomic E-state index is 13.3. The molecule has 168 valence electrons. The fourth-order valence-corrected chi connectivity index (χ4v) is 3.62. The molecule has 6 heteroatoms. The first-order chi connectivity index (χ1) is 14.6. The first kappa shape index (κ1) is 24.7. The van der Waals surface area contributed by atoms with Crippen LogP contribution in [0.15, 0.2) is 48.5 Å². The Morgan fingerprint density at radius 1 is 1.10 bits per heavy atom. The second-order valence-corrected chi connectivity index (χ2v) is 9.03. The Morgan fingerprint density at radius 2 is 1.74 bits per heavy atom. The highest BCUT2D eigenvalue weighted by atomic mass is 35.5. The predicted molar refractivity (Wildman–Crippen MR) is 125 cm³/mol. The Balaban J connectivity index is 2.24. The van der Waals surface area contributed by atoms with Crippen LogP contribution in [-0.4, -0.2) is 35.4 Å². The normalized spacial score (nSPS) is 12.2. The van der Waals surface area contributed by atoms with Crippen LogP contribution in [0.1, 0.15) is 51.7 Å². The van der Waals surface area contributed by atoms with Crippen molar-refractivity contribution in [2.45, 2.75) is 65.1 Å². The Bertz CT molecular complexity index is 875. The SMILES string of the molecule is CC[C@@H](C(=O)NC(C)(C)C)N(Cc1ccc(OC)cc1)C(=O)CCc1ccccc1Cl. The number of methoxy groups -OCH3 is 1. The van der Waals surface area contributed by atoms with Crippen LogP contribution < -0.4 is 10.1 Å². The molecule has 0 aliphatic heterocycles. The molecule has 0 saturated heterocycles. The third-order valence-corrected chi connectivity index (χ3v) is 5.33. The van der Waals surface area contributed by atoms with Gasteiger partial charge in [0.25, 0.3) is 0 Å². The quantitative estimate of drug-likeness (QED) is 0.591. The van der Waals surface area contributed by atoms with Crippen molar-refractivity contribution in [1.82, 2.24) is 10.2 Å². The summed E-state index contributed by atoms with van der Waals surface area (Å²) in [5.74, 6) is 0.527. The van der Waals surface area contributed by atoms with E-state index in [2.05, 4.69) is 5.32 Å². The van der Waals surface area contributed by atoms with Crippen molar-refractivity contribution < 1.29 is 14.3 Å². The topological polar surface area (TPSA) is 58.6 Å². The number of hydrogen-bond donors (Lipinski definition) is 1. The summed E-state index contributed by atoms with van der Waals surface area (Å²) >= 11 is 6.26. The van der Waals surface area contributed by atoms with Crippen molar-refractivity contribution in [2.75, 3.05) is 7.11 Å². The van der Waals surface area contributed by atoms with Gasteiger partial charge < -0.3 is 15.0 Å². The lowest BCUT2D eigenvalue weighted by Gasteiger charge is -2.33. The number of benzene rings is 2. The molecular weight excluding hydrogens is 412 g/mol. The Hall–Kier alpha value is -2.53. The minimum atomic E-state index is -0.555. The lowest BCUT2D eigenvalue weighted by Crippen LogP contribution is -2.53. The van der Waals surface area contributed by atoms with E-state index in [9.17, 15) is 9.59 Å². The smallest absolute Gasteiger partial charge is 0.243 e. The number of aryl methyl sites for hydroxylation is 1. The number of nitrogens with one attached hydrogen (secondary N) is 1. The van der Waals surface area contributed by atoms with Crippen LogP contribution in [0.3, 0.4) is 0 Å². The van der Waals surface area contributed by atoms with Gasteiger partial charge in [-0.15, -0.1) is 0 Å². The van der Waals surface area contributed by atoms with Gasteiger partial charge in [-0.25, -0.2) is 0 Å². The molecule has 0 unspecified atom stereocenters. The zero-order valence-electron chi connectivity index (χ0n) is 19.1. The van der Waals surface area contributed by atoms with E-state index in [4.69, 9.17) is 16.3 Å². The highest BCUT2D eigenvalue weighted by molar-refractivity contribution is 6.31. The summed E-state index contributed by atoms with van der Waals surface area (Å²) in [7, 11) is 1.61. The zero-order chi connectivity index (χ0) is 23.0. The molecule has 31 heavy (non-hydrogen) atoms. The van der Waals surface area contributed by atoms with E-state index in [1.54, 1.807) is 12.0 Å². The number of ether oxygens (including phenoxy) is 1. The number of rotatable bonds is 9. The summed E-state index contributed by atoms with van der Waals surface area (Å²) < 4.78 is 5.22. The molecule has 0 fully saturated rings. The number of amides is 2. The molecule has 0 saturated carbocycles. The molecule has 0 aliphatic carbocycles. The average molecular weight is 445 g/mol. The molecule has 1 atom stereocenters. The molecule has 0 bridgehead atoms. The van der Waals surface area contributed by atoms with Crippen molar-refractivity contribution in [2.24, 2.45) is 0 Å². The standard InChI is InChI=1S/C25H33ClN2O3/c1-6-22(24(30)27-25(2,3)4)28(17-18-11-14-20(31-5)15-12-18)23(29)16-13-19-9-7-8-10-21(19)26/h7-12,14-15,22H,6,13,16-17H2,1-5H3,(H,27,30)/t22-/m0/s1. The Labute approximate surface area is 190 Å². The fourth-order valence-electron chi connectivity index (χ4n) is 3.39. The molecule has 0 spiro atoms. The van der Waals surface area contributed by atoms with Gasteiger partial charge in [0, 0.05) is 23.5 Å². The van der Waals surface area contributed by atoms with Gasteiger partial charge in [-0.1, -0.05) is 48.9 Å². The average Bonchev–Trinajstić information content (AvgIpc) is 2.72. The van der Waals surface area contributed by atoms with E-state index in [1.165, 1.54) is 0 Å². The predicted octanol–water partition coefficient (Wildman–Crippen LogP) is 5.00. The van der Waals surface area contributed by atoms with E-state index in [0.29, 0.717) is 24.4 Å². The van der Waals surface area contributed by atoms with Crippen LogP contribution >= 0.6 is 11.6 Å². The highest BCUT2D eigenvalue weighted by Crippen LogP contribution is 2.20. The molecule has 2 rings (SSSR count). The summed E-state index contributed by atoms with van der Waals surface area (Å²) in [6.07, 6.45) is 1.32. The first-order valence-electron chi connectivity index (χ1n) is 10.6. The van der Waals surface area contributed by atoms with Crippen molar-refractivity contribution in [1.29, 1.82) is 0 Å². The highest BCUT2D eigenvalue weighted by Gasteiger charge is 2.30. The largest absolute Gasteiger partial charge is 0.497 e. The van der Waals surface area contributed by atoms with Gasteiger partial charge in [-0.05, 0) is 62.9 Å². The number of hydrogen-bond acceptors (Lipinski definition) is 3. The van der Waals surface area contributed by atoms with E-state index in [-0.39, 0.29) is 23.8 Å². The van der Waals surface area contributed by atoms with Crippen molar-refractivity contribution >= 4 is 23.4 Å². The van der Waals surface area contributed by atoms with Crippen LogP contribution in [0, 0.1) is 0 Å². The molecular formula is C25H33ClN2O3. The van der Waals surface area contributed by atoms with Crippen molar-refractivity contribution in [3.63, 3.8) is 0 Å². The summed E-state index contributed by atoms with van der Waals surface area (Å²) in [5, 5.41) is 3.67. The monoisotopic (exact) mass is 444 g/mol. The minimum absolute atomic E-state index is 0.0772. The van der Waals surface area contributed by atoms with Crippen molar-refractivity contribution in [3.05, 3.63) is 64.7 Å². The van der Waals surface area contributed by atoms with Gasteiger partial charge in [0.15, 0.2) is 0 Å². The molecule has 2 amide bonds. The number of carbonyl (C=O) groups excluding carboxylic acids is 2. The summed E-state index contributed by atoms with van der Waals surface area (Å²) in [5.41, 5.74) is 1.49. The summed E-state index contributed by atoms with van der Waals surface area (Å²) in [4.78, 5) is 28.0. The van der Waals surface area contributed by atoms with Crippen LogP contribution in [0.4, 0.5) is 0 Å². The molecule has 0 heterocycles. The maximum Gasteiger partial charge on any atom is 0.243 e. The van der Waals surface area contributed by atoms with Crippen LogP contribution in [0.2, 0.25) is 5.02 Å². The van der Waals surface area contributed by atoms with Crippen LogP contribution in [0.25, 0.3) is 0 Å². The van der Waals surface area contributed by atoms with Gasteiger partial charge in [-0.2, -0.15) is 0 Å². The Morgan fingerprint density at radius 3 is 2.29 bits per heavy atom. The first-order valence-corrected chi connectivity index (χ1v) is 11.0. The van der Waals surface area contributed by atoms with E-state index < -0.39 is 6.04 Å². The van der Waals surface area contributed by atoms with Gasteiger partial charge in [0.1, 0.15) is 11.8 Å². The second-order valence-electron chi connectivity index (χ2n) is 8.62. The summed E-state index contributed by atoms with van der Waals surface area (Å²) in [6.45, 7) is 8.08. The lowest BCUT2D eigenvalue weighted by atomic mass is 10.0. The molecule has 0 aromatic heterocycles. The lowest BCUT2D eigenvalue weighted by molar-refractivity contribution is -0.142. The number of carbonyl (C=O) groups is 2. The maximum absolute atomic E-state index is 13.3. The molecule has 2 aromatic rings. The second kappa shape index (κ2) is 11.2. The van der Waals surface area contributed by atoms with Gasteiger partial charge >= 0.3 is 0 Å². The molecule has 0 radical (unpaired) electrons. The molecule has 1 N–H and O–H groups in total. The number of nitrogens with zero attached hydrogens (tertiary/aromatic N) is 1. The van der Waals surface area contributed by atoms with Gasteiger partial charge in [0.05, 0.1) is 7.11 Å².